The summed E-state index contributed by atoms with van der Waals surface area (Å²) in [5.41, 5.74) is 1.96. The summed E-state index contributed by atoms with van der Waals surface area (Å²) in [6.45, 7) is 2.52. The predicted molar refractivity (Wildman–Crippen MR) is 119 cm³/mol. The van der Waals surface area contributed by atoms with E-state index in [9.17, 15) is 9.59 Å². The third kappa shape index (κ3) is 4.50. The third-order valence-corrected chi connectivity index (χ3v) is 5.57. The van der Waals surface area contributed by atoms with Crippen molar-refractivity contribution in [3.05, 3.63) is 70.3 Å². The maximum atomic E-state index is 12.7. The molecule has 1 fully saturated rings. The van der Waals surface area contributed by atoms with Crippen molar-refractivity contribution in [1.29, 1.82) is 0 Å². The monoisotopic (exact) mass is 442 g/mol. The number of carbonyl (C=O) groups is 2. The minimum atomic E-state index is -0.368. The number of piperazine rings is 1. The second-order valence-electron chi connectivity index (χ2n) is 7.06. The highest BCUT2D eigenvalue weighted by molar-refractivity contribution is 6.32. The summed E-state index contributed by atoms with van der Waals surface area (Å²) in [7, 11) is 0. The molecule has 0 atom stereocenters. The highest BCUT2D eigenvalue weighted by Crippen LogP contribution is 2.23. The number of anilines is 1. The second kappa shape index (κ2) is 8.90. The van der Waals surface area contributed by atoms with Gasteiger partial charge in [0.1, 0.15) is 0 Å². The van der Waals surface area contributed by atoms with E-state index in [0.29, 0.717) is 47.3 Å². The molecule has 0 saturated carbocycles. The maximum Gasteiger partial charge on any atom is 0.253 e. The van der Waals surface area contributed by atoms with Crippen molar-refractivity contribution in [2.24, 2.45) is 0 Å². The summed E-state index contributed by atoms with van der Waals surface area (Å²) in [5, 5.41) is 4.62. The number of rotatable bonds is 4. The van der Waals surface area contributed by atoms with Crippen LogP contribution < -0.4 is 10.2 Å². The lowest BCUT2D eigenvalue weighted by molar-refractivity contribution is -0.130. The molecule has 8 heteroatoms. The molecular formula is C22H20Cl2N4O2. The summed E-state index contributed by atoms with van der Waals surface area (Å²) in [6, 6.07) is 14.6. The fraction of sp³-hybridized carbons (Fsp3) is 0.227. The highest BCUT2D eigenvalue weighted by atomic mass is 35.5. The van der Waals surface area contributed by atoms with E-state index in [4.69, 9.17) is 23.2 Å². The minimum Gasteiger partial charge on any atom is -0.368 e. The van der Waals surface area contributed by atoms with Gasteiger partial charge in [0.25, 0.3) is 5.91 Å². The molecule has 0 radical (unpaired) electrons. The number of hydrogen-bond donors (Lipinski definition) is 1. The zero-order valence-electron chi connectivity index (χ0n) is 16.1. The van der Waals surface area contributed by atoms with E-state index in [2.05, 4.69) is 15.2 Å². The molecule has 6 nitrogen and oxygen atoms in total. The highest BCUT2D eigenvalue weighted by Gasteiger charge is 2.22. The Morgan fingerprint density at radius 1 is 0.967 bits per heavy atom. The van der Waals surface area contributed by atoms with Gasteiger partial charge >= 0.3 is 0 Å². The zero-order valence-corrected chi connectivity index (χ0v) is 17.7. The van der Waals surface area contributed by atoms with Crippen molar-refractivity contribution in [2.75, 3.05) is 37.6 Å². The van der Waals surface area contributed by atoms with Gasteiger partial charge in [-0.2, -0.15) is 0 Å². The molecule has 1 aromatic heterocycles. The number of aromatic nitrogens is 1. The number of benzene rings is 2. The summed E-state index contributed by atoms with van der Waals surface area (Å²) in [5.74, 6) is -0.486. The van der Waals surface area contributed by atoms with Crippen LogP contribution in [0.1, 0.15) is 10.4 Å². The smallest absolute Gasteiger partial charge is 0.253 e. The Hall–Kier alpha value is -2.83. The van der Waals surface area contributed by atoms with E-state index in [0.717, 1.165) is 11.1 Å². The van der Waals surface area contributed by atoms with Gasteiger partial charge in [-0.25, -0.2) is 0 Å². The standard InChI is InChI=1S/C22H20Cl2N4O2/c23-16-4-1-5-18(12-16)27-7-9-28(10-8-27)20(29)14-26-22(30)19-13-17(24)11-15-3-2-6-25-21(15)19/h1-6,11-13H,7-10,14H2,(H,26,30). The number of amides is 2. The van der Waals surface area contributed by atoms with Gasteiger partial charge in [-0.1, -0.05) is 35.3 Å². The quantitative estimate of drug-likeness (QED) is 0.669. The minimum absolute atomic E-state index is 0.0726. The van der Waals surface area contributed by atoms with Crippen LogP contribution >= 0.6 is 23.2 Å². The van der Waals surface area contributed by atoms with Crippen LogP contribution in [0.4, 0.5) is 5.69 Å². The average molecular weight is 443 g/mol. The molecule has 4 rings (SSSR count). The molecule has 0 aliphatic carbocycles. The van der Waals surface area contributed by atoms with Gasteiger partial charge in [0.15, 0.2) is 0 Å². The van der Waals surface area contributed by atoms with Crippen LogP contribution in [0.15, 0.2) is 54.7 Å². The van der Waals surface area contributed by atoms with Gasteiger partial charge in [0.2, 0.25) is 5.91 Å². The van der Waals surface area contributed by atoms with Gasteiger partial charge in [0.05, 0.1) is 17.6 Å². The molecule has 30 heavy (non-hydrogen) atoms. The Bertz CT molecular complexity index is 1100. The number of nitrogens with zero attached hydrogens (tertiary/aromatic N) is 3. The summed E-state index contributed by atoms with van der Waals surface area (Å²) in [6.07, 6.45) is 1.62. The molecule has 1 aliphatic rings. The lowest BCUT2D eigenvalue weighted by Gasteiger charge is -2.36. The number of hydrogen-bond acceptors (Lipinski definition) is 4. The van der Waals surface area contributed by atoms with Crippen LogP contribution in [0.5, 0.6) is 0 Å². The van der Waals surface area contributed by atoms with Crippen molar-refractivity contribution in [2.45, 2.75) is 0 Å². The second-order valence-corrected chi connectivity index (χ2v) is 7.93. The van der Waals surface area contributed by atoms with Crippen molar-refractivity contribution in [1.82, 2.24) is 15.2 Å². The lowest BCUT2D eigenvalue weighted by Crippen LogP contribution is -2.51. The number of halogens is 2. The van der Waals surface area contributed by atoms with Crippen LogP contribution in [0.25, 0.3) is 10.9 Å². The normalized spacial score (nSPS) is 14.1. The van der Waals surface area contributed by atoms with E-state index >= 15 is 0 Å². The Morgan fingerprint density at radius 2 is 1.77 bits per heavy atom. The third-order valence-electron chi connectivity index (χ3n) is 5.12. The average Bonchev–Trinajstić information content (AvgIpc) is 2.76. The Morgan fingerprint density at radius 3 is 2.53 bits per heavy atom. The molecule has 0 unspecified atom stereocenters. The van der Waals surface area contributed by atoms with Crippen molar-refractivity contribution >= 4 is 51.6 Å². The molecule has 1 N–H and O–H groups in total. The van der Waals surface area contributed by atoms with E-state index in [1.165, 1.54) is 0 Å². The van der Waals surface area contributed by atoms with Crippen LogP contribution in [-0.2, 0) is 4.79 Å². The Balaban J connectivity index is 1.35. The Kier molecular flexibility index (Phi) is 6.06. The first-order valence-corrected chi connectivity index (χ1v) is 10.4. The van der Waals surface area contributed by atoms with Crippen LogP contribution in [0.3, 0.4) is 0 Å². The molecule has 2 aromatic carbocycles. The van der Waals surface area contributed by atoms with Crippen LogP contribution in [-0.4, -0.2) is 54.4 Å². The first-order chi connectivity index (χ1) is 14.5. The van der Waals surface area contributed by atoms with Crippen LogP contribution in [0.2, 0.25) is 10.0 Å². The predicted octanol–water partition coefficient (Wildman–Crippen LogP) is 3.62. The first kappa shape index (κ1) is 20.4. The van der Waals surface area contributed by atoms with E-state index in [1.807, 2.05) is 30.3 Å². The van der Waals surface area contributed by atoms with Crippen molar-refractivity contribution in [3.8, 4) is 0 Å². The topological polar surface area (TPSA) is 65.5 Å². The fourth-order valence-corrected chi connectivity index (χ4v) is 3.99. The molecule has 3 aromatic rings. The zero-order chi connectivity index (χ0) is 21.1. The molecule has 0 spiro atoms. The largest absolute Gasteiger partial charge is 0.368 e. The van der Waals surface area contributed by atoms with E-state index < -0.39 is 0 Å². The van der Waals surface area contributed by atoms with Crippen molar-refractivity contribution in [3.63, 3.8) is 0 Å². The number of nitrogens with one attached hydrogen (secondary N) is 1. The SMILES string of the molecule is O=C(NCC(=O)N1CCN(c2cccc(Cl)c2)CC1)c1cc(Cl)cc2cccnc12. The van der Waals surface area contributed by atoms with Gasteiger partial charge in [-0.05, 0) is 36.4 Å². The summed E-state index contributed by atoms with van der Waals surface area (Å²) >= 11 is 12.2. The van der Waals surface area contributed by atoms with Gasteiger partial charge < -0.3 is 15.1 Å². The van der Waals surface area contributed by atoms with Crippen molar-refractivity contribution < 1.29 is 9.59 Å². The first-order valence-electron chi connectivity index (χ1n) is 9.62. The molecule has 154 valence electrons. The number of pyridine rings is 1. The lowest BCUT2D eigenvalue weighted by atomic mass is 10.1. The fourth-order valence-electron chi connectivity index (χ4n) is 3.58. The molecule has 2 amide bonds. The molecule has 1 saturated heterocycles. The Labute approximate surface area is 184 Å². The number of fused-ring (bicyclic) bond motifs is 1. The molecular weight excluding hydrogens is 423 g/mol. The van der Waals surface area contributed by atoms with E-state index in [-0.39, 0.29) is 18.4 Å². The van der Waals surface area contributed by atoms with Gasteiger partial charge in [-0.15, -0.1) is 0 Å². The molecule has 2 heterocycles. The molecule has 1 aliphatic heterocycles. The van der Waals surface area contributed by atoms with E-state index in [1.54, 1.807) is 29.3 Å². The number of carbonyl (C=O) groups excluding carboxylic acids is 2. The summed E-state index contributed by atoms with van der Waals surface area (Å²) < 4.78 is 0. The molecule has 0 bridgehead atoms. The maximum absolute atomic E-state index is 12.7. The summed E-state index contributed by atoms with van der Waals surface area (Å²) in [4.78, 5) is 33.5. The van der Waals surface area contributed by atoms with Gasteiger partial charge in [0, 0.05) is 53.5 Å². The van der Waals surface area contributed by atoms with Gasteiger partial charge in [-0.3, -0.25) is 14.6 Å². The van der Waals surface area contributed by atoms with Crippen LogP contribution in [0, 0.1) is 0 Å².